The summed E-state index contributed by atoms with van der Waals surface area (Å²) >= 11 is 0. The van der Waals surface area contributed by atoms with Gasteiger partial charge in [0.05, 0.1) is 12.2 Å². The lowest BCUT2D eigenvalue weighted by atomic mass is 9.85. The third-order valence-corrected chi connectivity index (χ3v) is 5.67. The van der Waals surface area contributed by atoms with E-state index in [9.17, 15) is 13.6 Å². The van der Waals surface area contributed by atoms with Gasteiger partial charge in [-0.05, 0) is 43.2 Å². The summed E-state index contributed by atoms with van der Waals surface area (Å²) in [5, 5.41) is 7.61. The molecule has 0 bridgehead atoms. The van der Waals surface area contributed by atoms with Crippen LogP contribution >= 0.6 is 0 Å². The molecule has 2 N–H and O–H groups in total. The maximum atomic E-state index is 12.7. The molecule has 1 fully saturated rings. The van der Waals surface area contributed by atoms with Crippen molar-refractivity contribution < 1.29 is 18.0 Å². The van der Waals surface area contributed by atoms with Crippen LogP contribution in [0.25, 0.3) is 22.2 Å². The summed E-state index contributed by atoms with van der Waals surface area (Å²) in [6, 6.07) is 2.97. The van der Waals surface area contributed by atoms with E-state index in [4.69, 9.17) is 4.42 Å². The number of hydrogen-bond acceptors (Lipinski definition) is 6. The van der Waals surface area contributed by atoms with Gasteiger partial charge in [0.1, 0.15) is 24.9 Å². The topological polar surface area (TPSA) is 92.9 Å². The molecule has 1 saturated carbocycles. The number of pyridine rings is 2. The Hall–Kier alpha value is -2.94. The average Bonchev–Trinajstić information content (AvgIpc) is 3.23. The van der Waals surface area contributed by atoms with Crippen molar-refractivity contribution in [1.29, 1.82) is 0 Å². The number of hydrogen-bond donors (Lipinski definition) is 2. The summed E-state index contributed by atoms with van der Waals surface area (Å²) in [6.45, 7) is 0.321. The largest absolute Gasteiger partial charge is 0.439 e. The van der Waals surface area contributed by atoms with Gasteiger partial charge in [-0.3, -0.25) is 9.78 Å². The minimum atomic E-state index is -0.752. The van der Waals surface area contributed by atoms with Crippen LogP contribution in [0.1, 0.15) is 31.6 Å². The van der Waals surface area contributed by atoms with Gasteiger partial charge >= 0.3 is 0 Å². The van der Waals surface area contributed by atoms with Crippen LogP contribution in [-0.4, -0.2) is 46.3 Å². The molecule has 0 aromatic carbocycles. The molecule has 164 valence electrons. The lowest BCUT2D eigenvalue weighted by Gasteiger charge is -2.30. The lowest BCUT2D eigenvalue weighted by molar-refractivity contribution is -0.120. The fraction of sp³-hybridized carbons (Fsp3) is 0.455. The second kappa shape index (κ2) is 9.47. The fourth-order valence-electron chi connectivity index (χ4n) is 3.94. The van der Waals surface area contributed by atoms with Gasteiger partial charge in [-0.1, -0.05) is 0 Å². The molecule has 4 rings (SSSR count). The molecule has 1 aliphatic carbocycles. The monoisotopic (exact) mass is 429 g/mol. The van der Waals surface area contributed by atoms with Crippen molar-refractivity contribution in [3.63, 3.8) is 0 Å². The summed E-state index contributed by atoms with van der Waals surface area (Å²) in [4.78, 5) is 25.5. The van der Waals surface area contributed by atoms with Crippen LogP contribution in [0.4, 0.5) is 14.6 Å². The normalized spacial score (nSPS) is 19.1. The number of carbonyl (C=O) groups excluding carboxylic acids is 1. The number of alkyl halides is 2. The van der Waals surface area contributed by atoms with Crippen LogP contribution in [0.5, 0.6) is 0 Å². The van der Waals surface area contributed by atoms with Gasteiger partial charge in [0, 0.05) is 36.7 Å². The van der Waals surface area contributed by atoms with Gasteiger partial charge in [-0.15, -0.1) is 0 Å². The number of oxazole rings is 1. The molecule has 3 heterocycles. The molecule has 3 aromatic rings. The van der Waals surface area contributed by atoms with E-state index in [0.29, 0.717) is 48.8 Å². The molecule has 0 aliphatic heterocycles. The van der Waals surface area contributed by atoms with E-state index in [1.54, 1.807) is 25.5 Å². The smallest absolute Gasteiger partial charge is 0.228 e. The zero-order chi connectivity index (χ0) is 21.8. The molecule has 9 heteroatoms. The highest BCUT2D eigenvalue weighted by Gasteiger charge is 2.27. The Morgan fingerprint density at radius 2 is 1.81 bits per heavy atom. The zero-order valence-electron chi connectivity index (χ0n) is 17.3. The van der Waals surface area contributed by atoms with Crippen LogP contribution in [-0.2, 0) is 4.79 Å². The zero-order valence-corrected chi connectivity index (χ0v) is 17.3. The van der Waals surface area contributed by atoms with Gasteiger partial charge in [-0.2, -0.15) is 0 Å². The molecule has 0 atom stereocenters. The Labute approximate surface area is 178 Å². The Morgan fingerprint density at radius 1 is 1.06 bits per heavy atom. The van der Waals surface area contributed by atoms with Crippen molar-refractivity contribution in [3.05, 3.63) is 36.6 Å². The highest BCUT2D eigenvalue weighted by atomic mass is 19.1. The number of aromatic nitrogens is 3. The van der Waals surface area contributed by atoms with Gasteiger partial charge in [0.2, 0.25) is 5.91 Å². The van der Waals surface area contributed by atoms with E-state index in [1.165, 1.54) is 0 Å². The van der Waals surface area contributed by atoms with Gasteiger partial charge in [-0.25, -0.2) is 18.7 Å². The van der Waals surface area contributed by atoms with Crippen LogP contribution in [0.2, 0.25) is 0 Å². The van der Waals surface area contributed by atoms with Crippen LogP contribution < -0.4 is 10.6 Å². The molecule has 0 radical (unpaired) electrons. The van der Waals surface area contributed by atoms with Crippen molar-refractivity contribution in [2.75, 3.05) is 18.7 Å². The summed E-state index contributed by atoms with van der Waals surface area (Å²) in [5.74, 6) is 1.38. The number of carbonyl (C=O) groups is 1. The first kappa shape index (κ1) is 21.3. The third kappa shape index (κ3) is 5.04. The number of aryl methyl sites for hydroxylation is 1. The van der Waals surface area contributed by atoms with E-state index in [-0.39, 0.29) is 17.9 Å². The Morgan fingerprint density at radius 3 is 2.48 bits per heavy atom. The molecule has 1 amide bonds. The highest BCUT2D eigenvalue weighted by molar-refractivity contribution is 5.94. The van der Waals surface area contributed by atoms with Gasteiger partial charge < -0.3 is 15.1 Å². The number of nitrogens with one attached hydrogen (secondary N) is 2. The first-order valence-corrected chi connectivity index (χ1v) is 10.4. The highest BCUT2D eigenvalue weighted by Crippen LogP contribution is 2.27. The van der Waals surface area contributed by atoms with Crippen LogP contribution in [0.15, 0.2) is 35.1 Å². The summed E-state index contributed by atoms with van der Waals surface area (Å²) in [5.41, 5.74) is 0.655. The van der Waals surface area contributed by atoms with Crippen LogP contribution in [0.3, 0.4) is 0 Å². The first-order chi connectivity index (χ1) is 15.1. The fourth-order valence-corrected chi connectivity index (χ4v) is 3.94. The number of halogens is 2. The minimum absolute atomic E-state index is 0.0463. The quantitative estimate of drug-likeness (QED) is 0.590. The van der Waals surface area contributed by atoms with Crippen molar-refractivity contribution in [2.24, 2.45) is 5.92 Å². The average molecular weight is 429 g/mol. The molecule has 3 aromatic heterocycles. The Kier molecular flexibility index (Phi) is 6.50. The SMILES string of the molecule is Cc1ncc(-c2cc3cc(NC(=O)C4CCC(NC(CF)CF)CC4)ncc3cn2)o1. The van der Waals surface area contributed by atoms with Crippen molar-refractivity contribution in [2.45, 2.75) is 44.7 Å². The minimum Gasteiger partial charge on any atom is -0.439 e. The van der Waals surface area contributed by atoms with E-state index in [1.807, 2.05) is 12.1 Å². The number of anilines is 1. The number of fused-ring (bicyclic) bond motifs is 1. The first-order valence-electron chi connectivity index (χ1n) is 10.4. The molecular formula is C22H25F2N5O2. The maximum absolute atomic E-state index is 12.7. The Bertz CT molecular complexity index is 1050. The van der Waals surface area contributed by atoms with Gasteiger partial charge in [0.15, 0.2) is 11.7 Å². The standard InChI is InChI=1S/C22H25F2N5O2/c1-13-25-12-20(31-13)19-6-15-7-21(27-11-16(15)10-26-19)29-22(30)14-2-4-17(5-3-14)28-18(8-23)9-24/h6-7,10-12,14,17-18,28H,2-5,8-9H2,1H3,(H,27,29,30). The van der Waals surface area contributed by atoms with E-state index in [0.717, 1.165) is 10.8 Å². The lowest BCUT2D eigenvalue weighted by Crippen LogP contribution is -2.44. The number of amides is 1. The maximum Gasteiger partial charge on any atom is 0.228 e. The summed E-state index contributed by atoms with van der Waals surface area (Å²) < 4.78 is 30.9. The number of nitrogens with zero attached hydrogens (tertiary/aromatic N) is 3. The molecule has 7 nitrogen and oxygen atoms in total. The van der Waals surface area contributed by atoms with E-state index in [2.05, 4.69) is 25.6 Å². The predicted octanol–water partition coefficient (Wildman–Crippen LogP) is 3.99. The summed E-state index contributed by atoms with van der Waals surface area (Å²) in [7, 11) is 0. The van der Waals surface area contributed by atoms with Crippen LogP contribution in [0, 0.1) is 12.8 Å². The number of rotatable bonds is 7. The molecule has 0 spiro atoms. The van der Waals surface area contributed by atoms with Crippen molar-refractivity contribution >= 4 is 22.5 Å². The van der Waals surface area contributed by atoms with Crippen molar-refractivity contribution in [1.82, 2.24) is 20.3 Å². The predicted molar refractivity (Wildman–Crippen MR) is 113 cm³/mol. The second-order valence-electron chi connectivity index (χ2n) is 7.94. The van der Waals surface area contributed by atoms with E-state index >= 15 is 0 Å². The Balaban J connectivity index is 1.39. The molecule has 1 aliphatic rings. The second-order valence-corrected chi connectivity index (χ2v) is 7.94. The molecule has 0 unspecified atom stereocenters. The van der Waals surface area contributed by atoms with Crippen molar-refractivity contribution in [3.8, 4) is 11.5 Å². The molecule has 0 saturated heterocycles. The van der Waals surface area contributed by atoms with Gasteiger partial charge in [0.25, 0.3) is 0 Å². The third-order valence-electron chi connectivity index (χ3n) is 5.67. The molecular weight excluding hydrogens is 404 g/mol. The van der Waals surface area contributed by atoms with E-state index < -0.39 is 19.4 Å². The summed E-state index contributed by atoms with van der Waals surface area (Å²) in [6.07, 6.45) is 7.76. The molecule has 31 heavy (non-hydrogen) atoms.